The molecule has 1 aliphatic rings. The van der Waals surface area contributed by atoms with Gasteiger partial charge in [0, 0.05) is 25.8 Å². The van der Waals surface area contributed by atoms with Crippen LogP contribution in [0, 0.1) is 5.92 Å². The summed E-state index contributed by atoms with van der Waals surface area (Å²) >= 11 is 0. The second kappa shape index (κ2) is 6.06. The SMILES string of the molecule is CN1CCCC(CN(C)C(=O)c2ccccc2N)C1. The number of nitrogens with two attached hydrogens (primary N) is 1. The van der Waals surface area contributed by atoms with Crippen molar-refractivity contribution >= 4 is 11.6 Å². The number of nitrogen functional groups attached to an aromatic ring is 1. The predicted molar refractivity (Wildman–Crippen MR) is 78.0 cm³/mol. The first-order valence-corrected chi connectivity index (χ1v) is 6.86. The van der Waals surface area contributed by atoms with Gasteiger partial charge in [-0.05, 0) is 44.5 Å². The Labute approximate surface area is 115 Å². The van der Waals surface area contributed by atoms with Gasteiger partial charge in [-0.15, -0.1) is 0 Å². The summed E-state index contributed by atoms with van der Waals surface area (Å²) < 4.78 is 0. The van der Waals surface area contributed by atoms with Gasteiger partial charge in [-0.25, -0.2) is 0 Å². The second-order valence-corrected chi connectivity index (χ2v) is 5.54. The molecular weight excluding hydrogens is 238 g/mol. The van der Waals surface area contributed by atoms with Crippen LogP contribution in [0.2, 0.25) is 0 Å². The van der Waals surface area contributed by atoms with Crippen LogP contribution in [0.25, 0.3) is 0 Å². The number of para-hydroxylation sites is 1. The molecule has 104 valence electrons. The third-order valence-electron chi connectivity index (χ3n) is 3.79. The molecule has 4 heteroatoms. The number of carbonyl (C=O) groups excluding carboxylic acids is 1. The highest BCUT2D eigenvalue weighted by molar-refractivity contribution is 5.98. The van der Waals surface area contributed by atoms with Crippen molar-refractivity contribution in [2.45, 2.75) is 12.8 Å². The van der Waals surface area contributed by atoms with Gasteiger partial charge in [0.15, 0.2) is 0 Å². The van der Waals surface area contributed by atoms with Crippen molar-refractivity contribution in [3.8, 4) is 0 Å². The molecule has 1 aromatic rings. The molecule has 1 aliphatic heterocycles. The van der Waals surface area contributed by atoms with Crippen molar-refractivity contribution in [3.63, 3.8) is 0 Å². The number of carbonyl (C=O) groups is 1. The van der Waals surface area contributed by atoms with Crippen LogP contribution in [-0.4, -0.2) is 49.4 Å². The van der Waals surface area contributed by atoms with Crippen molar-refractivity contribution in [3.05, 3.63) is 29.8 Å². The van der Waals surface area contributed by atoms with E-state index in [2.05, 4.69) is 11.9 Å². The lowest BCUT2D eigenvalue weighted by Gasteiger charge is -2.32. The number of benzene rings is 1. The van der Waals surface area contributed by atoms with Gasteiger partial charge in [-0.1, -0.05) is 12.1 Å². The average molecular weight is 261 g/mol. The van der Waals surface area contributed by atoms with Crippen LogP contribution in [0.15, 0.2) is 24.3 Å². The van der Waals surface area contributed by atoms with Gasteiger partial charge in [0.25, 0.3) is 5.91 Å². The van der Waals surface area contributed by atoms with E-state index in [1.54, 1.807) is 17.0 Å². The fourth-order valence-corrected chi connectivity index (χ4v) is 2.79. The van der Waals surface area contributed by atoms with Crippen LogP contribution in [0.1, 0.15) is 23.2 Å². The summed E-state index contributed by atoms with van der Waals surface area (Å²) in [6.45, 7) is 3.04. The third kappa shape index (κ3) is 3.47. The van der Waals surface area contributed by atoms with E-state index in [1.807, 2.05) is 19.2 Å². The Bertz CT molecular complexity index is 447. The first-order valence-electron chi connectivity index (χ1n) is 6.86. The van der Waals surface area contributed by atoms with Crippen LogP contribution < -0.4 is 5.73 Å². The number of anilines is 1. The van der Waals surface area contributed by atoms with Crippen LogP contribution in [-0.2, 0) is 0 Å². The minimum Gasteiger partial charge on any atom is -0.398 e. The Kier molecular flexibility index (Phi) is 4.43. The minimum absolute atomic E-state index is 0.0197. The molecule has 1 aromatic carbocycles. The predicted octanol–water partition coefficient (Wildman–Crippen LogP) is 1.68. The van der Waals surface area contributed by atoms with Crippen LogP contribution in [0.5, 0.6) is 0 Å². The van der Waals surface area contributed by atoms with Gasteiger partial charge in [0.05, 0.1) is 5.56 Å². The molecular formula is C15H23N3O. The van der Waals surface area contributed by atoms with Crippen LogP contribution >= 0.6 is 0 Å². The van der Waals surface area contributed by atoms with Gasteiger partial charge in [-0.2, -0.15) is 0 Å². The molecule has 1 unspecified atom stereocenters. The van der Waals surface area contributed by atoms with Crippen molar-refractivity contribution < 1.29 is 4.79 Å². The normalized spacial score (nSPS) is 20.2. The lowest BCUT2D eigenvalue weighted by atomic mass is 9.97. The van der Waals surface area contributed by atoms with Gasteiger partial charge < -0.3 is 15.5 Å². The van der Waals surface area contributed by atoms with E-state index in [1.165, 1.54) is 19.4 Å². The molecule has 1 atom stereocenters. The number of nitrogens with zero attached hydrogens (tertiary/aromatic N) is 2. The van der Waals surface area contributed by atoms with Gasteiger partial charge >= 0.3 is 0 Å². The number of rotatable bonds is 3. The number of amides is 1. The fraction of sp³-hybridized carbons (Fsp3) is 0.533. The highest BCUT2D eigenvalue weighted by Crippen LogP contribution is 2.18. The zero-order valence-corrected chi connectivity index (χ0v) is 11.8. The number of hydrogen-bond acceptors (Lipinski definition) is 3. The highest BCUT2D eigenvalue weighted by Gasteiger charge is 2.22. The monoisotopic (exact) mass is 261 g/mol. The molecule has 0 bridgehead atoms. The Morgan fingerprint density at radius 3 is 2.89 bits per heavy atom. The Morgan fingerprint density at radius 2 is 2.21 bits per heavy atom. The Balaban J connectivity index is 1.98. The smallest absolute Gasteiger partial charge is 0.255 e. The summed E-state index contributed by atoms with van der Waals surface area (Å²) in [5, 5.41) is 0. The van der Waals surface area contributed by atoms with Crippen LogP contribution in [0.4, 0.5) is 5.69 Å². The number of likely N-dealkylation sites (tertiary alicyclic amines) is 1. The van der Waals surface area contributed by atoms with E-state index in [0.29, 0.717) is 17.2 Å². The molecule has 1 fully saturated rings. The molecule has 4 nitrogen and oxygen atoms in total. The first-order chi connectivity index (χ1) is 9.08. The standard InChI is InChI=1S/C15H23N3O/c1-17-9-5-6-12(10-17)11-18(2)15(19)13-7-3-4-8-14(13)16/h3-4,7-8,12H,5-6,9-11,16H2,1-2H3. The Morgan fingerprint density at radius 1 is 1.47 bits per heavy atom. The van der Waals surface area contributed by atoms with Crippen molar-refractivity contribution in [1.82, 2.24) is 9.80 Å². The maximum atomic E-state index is 12.4. The van der Waals surface area contributed by atoms with Crippen molar-refractivity contribution in [1.29, 1.82) is 0 Å². The zero-order valence-electron chi connectivity index (χ0n) is 11.8. The van der Waals surface area contributed by atoms with E-state index in [9.17, 15) is 4.79 Å². The van der Waals surface area contributed by atoms with Gasteiger partial charge in [0.2, 0.25) is 0 Å². The average Bonchev–Trinajstić information content (AvgIpc) is 2.38. The lowest BCUT2D eigenvalue weighted by Crippen LogP contribution is -2.40. The van der Waals surface area contributed by atoms with Gasteiger partial charge in [0.1, 0.15) is 0 Å². The maximum absolute atomic E-state index is 12.4. The zero-order chi connectivity index (χ0) is 13.8. The summed E-state index contributed by atoms with van der Waals surface area (Å²) in [5.41, 5.74) is 7.02. The molecule has 0 aromatic heterocycles. The van der Waals surface area contributed by atoms with E-state index < -0.39 is 0 Å². The van der Waals surface area contributed by atoms with E-state index in [4.69, 9.17) is 5.73 Å². The molecule has 1 amide bonds. The second-order valence-electron chi connectivity index (χ2n) is 5.54. The highest BCUT2D eigenvalue weighted by atomic mass is 16.2. The minimum atomic E-state index is 0.0197. The molecule has 0 saturated carbocycles. The molecule has 0 spiro atoms. The topological polar surface area (TPSA) is 49.6 Å². The quantitative estimate of drug-likeness (QED) is 0.842. The van der Waals surface area contributed by atoms with Gasteiger partial charge in [-0.3, -0.25) is 4.79 Å². The largest absolute Gasteiger partial charge is 0.398 e. The number of piperidine rings is 1. The van der Waals surface area contributed by atoms with Crippen LogP contribution in [0.3, 0.4) is 0 Å². The third-order valence-corrected chi connectivity index (χ3v) is 3.79. The summed E-state index contributed by atoms with van der Waals surface area (Å²) in [6.07, 6.45) is 2.42. The lowest BCUT2D eigenvalue weighted by molar-refractivity contribution is 0.0742. The molecule has 1 saturated heterocycles. The molecule has 2 rings (SSSR count). The van der Waals surface area contributed by atoms with Crippen molar-refractivity contribution in [2.75, 3.05) is 39.5 Å². The Hall–Kier alpha value is -1.55. The molecule has 0 radical (unpaired) electrons. The molecule has 2 N–H and O–H groups in total. The van der Waals surface area contributed by atoms with Crippen molar-refractivity contribution in [2.24, 2.45) is 5.92 Å². The van der Waals surface area contributed by atoms with E-state index in [0.717, 1.165) is 13.1 Å². The first kappa shape index (κ1) is 13.9. The molecule has 0 aliphatic carbocycles. The molecule has 19 heavy (non-hydrogen) atoms. The summed E-state index contributed by atoms with van der Waals surface area (Å²) in [4.78, 5) is 16.5. The van der Waals surface area contributed by atoms with E-state index >= 15 is 0 Å². The fourth-order valence-electron chi connectivity index (χ4n) is 2.79. The molecule has 1 heterocycles. The maximum Gasteiger partial charge on any atom is 0.255 e. The summed E-state index contributed by atoms with van der Waals surface area (Å²) in [6, 6.07) is 7.27. The summed E-state index contributed by atoms with van der Waals surface area (Å²) in [5.74, 6) is 0.587. The summed E-state index contributed by atoms with van der Waals surface area (Å²) in [7, 11) is 4.01. The van der Waals surface area contributed by atoms with E-state index in [-0.39, 0.29) is 5.91 Å². The number of hydrogen-bond donors (Lipinski definition) is 1.